The van der Waals surface area contributed by atoms with Gasteiger partial charge in [0.1, 0.15) is 0 Å². The molecule has 0 saturated heterocycles. The van der Waals surface area contributed by atoms with E-state index in [1.54, 1.807) is 0 Å². The van der Waals surface area contributed by atoms with E-state index in [1.807, 2.05) is 20.8 Å². The van der Waals surface area contributed by atoms with Gasteiger partial charge in [0.05, 0.1) is 0 Å². The Labute approximate surface area is 129 Å². The van der Waals surface area contributed by atoms with E-state index in [4.69, 9.17) is 0 Å². The van der Waals surface area contributed by atoms with Gasteiger partial charge < -0.3 is 5.32 Å². The highest BCUT2D eigenvalue weighted by Crippen LogP contribution is 2.35. The van der Waals surface area contributed by atoms with Crippen molar-refractivity contribution in [1.82, 2.24) is 5.32 Å². The van der Waals surface area contributed by atoms with Gasteiger partial charge in [0.2, 0.25) is 5.91 Å². The van der Waals surface area contributed by atoms with Gasteiger partial charge in [0, 0.05) is 13.0 Å². The Hall–Kier alpha value is -0.530. The highest BCUT2D eigenvalue weighted by atomic mass is 16.1. The third-order valence-electron chi connectivity index (χ3n) is 3.00. The summed E-state index contributed by atoms with van der Waals surface area (Å²) in [4.78, 5) is 11.2. The van der Waals surface area contributed by atoms with E-state index in [0.29, 0.717) is 11.8 Å². The summed E-state index contributed by atoms with van der Waals surface area (Å²) in [5.41, 5.74) is 0.546. The molecule has 0 fully saturated rings. The van der Waals surface area contributed by atoms with Crippen LogP contribution < -0.4 is 5.32 Å². The highest BCUT2D eigenvalue weighted by Gasteiger charge is 2.27. The van der Waals surface area contributed by atoms with Crippen molar-refractivity contribution in [3.05, 3.63) is 0 Å². The maximum atomic E-state index is 11.2. The number of hydrogen-bond donors (Lipinski definition) is 1. The summed E-state index contributed by atoms with van der Waals surface area (Å²) in [6.07, 6.45) is 4.14. The third kappa shape index (κ3) is 17.5. The van der Waals surface area contributed by atoms with Crippen LogP contribution in [0.2, 0.25) is 0 Å². The van der Waals surface area contributed by atoms with E-state index in [0.717, 1.165) is 13.0 Å². The van der Waals surface area contributed by atoms with Crippen molar-refractivity contribution in [2.24, 2.45) is 10.8 Å². The van der Waals surface area contributed by atoms with Crippen LogP contribution in [0.25, 0.3) is 0 Å². The fraction of sp³-hybridized carbons (Fsp3) is 0.944. The predicted octanol–water partition coefficient (Wildman–Crippen LogP) is 5.81. The summed E-state index contributed by atoms with van der Waals surface area (Å²) in [5.74, 6) is 0.150. The van der Waals surface area contributed by atoms with Crippen LogP contribution in [0.4, 0.5) is 0 Å². The first-order valence-electron chi connectivity index (χ1n) is 8.40. The molecule has 2 heteroatoms. The number of carbonyl (C=O) groups is 1. The van der Waals surface area contributed by atoms with Gasteiger partial charge in [0.15, 0.2) is 0 Å². The summed E-state index contributed by atoms with van der Waals surface area (Å²) in [6.45, 7) is 22.2. The van der Waals surface area contributed by atoms with Gasteiger partial charge in [-0.15, -0.1) is 0 Å². The molecular weight excluding hydrogens is 246 g/mol. The monoisotopic (exact) mass is 287 g/mol. The zero-order valence-electron chi connectivity index (χ0n) is 15.9. The number of hydrogen-bond acceptors (Lipinski definition) is 1. The molecule has 0 bridgehead atoms. The molecule has 0 aliphatic rings. The van der Waals surface area contributed by atoms with E-state index < -0.39 is 0 Å². The van der Waals surface area contributed by atoms with E-state index in [-0.39, 0.29) is 11.3 Å². The van der Waals surface area contributed by atoms with Gasteiger partial charge in [0.25, 0.3) is 0 Å². The van der Waals surface area contributed by atoms with Crippen molar-refractivity contribution in [3.63, 3.8) is 0 Å². The molecule has 0 aliphatic heterocycles. The lowest BCUT2D eigenvalue weighted by Crippen LogP contribution is -2.36. The molecule has 0 spiro atoms. The van der Waals surface area contributed by atoms with Crippen molar-refractivity contribution >= 4 is 5.91 Å². The Bertz CT molecular complexity index is 219. The second-order valence-corrected chi connectivity index (χ2v) is 6.70. The third-order valence-corrected chi connectivity index (χ3v) is 3.00. The smallest absolute Gasteiger partial charge is 0.219 e. The largest absolute Gasteiger partial charge is 0.356 e. The second kappa shape index (κ2) is 13.5. The number of nitrogens with one attached hydrogen (secondary N) is 1. The highest BCUT2D eigenvalue weighted by molar-refractivity contribution is 5.75. The molecule has 0 aromatic rings. The molecule has 0 atom stereocenters. The van der Waals surface area contributed by atoms with Crippen LogP contribution >= 0.6 is 0 Å². The van der Waals surface area contributed by atoms with Gasteiger partial charge in [-0.05, 0) is 17.3 Å². The molecule has 1 N–H and O–H groups in total. The molecule has 0 radical (unpaired) electrons. The molecule has 0 aliphatic carbocycles. The predicted molar refractivity (Wildman–Crippen MR) is 93.1 cm³/mol. The summed E-state index contributed by atoms with van der Waals surface area (Å²) < 4.78 is 0. The lowest BCUT2D eigenvalue weighted by molar-refractivity contribution is -0.121. The Morgan fingerprint density at radius 1 is 0.900 bits per heavy atom. The van der Waals surface area contributed by atoms with Crippen LogP contribution in [-0.2, 0) is 4.79 Å². The van der Waals surface area contributed by atoms with Crippen LogP contribution in [0.5, 0.6) is 0 Å². The molecule has 0 heterocycles. The molecule has 20 heavy (non-hydrogen) atoms. The first-order chi connectivity index (χ1) is 9.14. The minimum absolute atomic E-state index is 0.150. The summed E-state index contributed by atoms with van der Waals surface area (Å²) in [7, 11) is 0. The lowest BCUT2D eigenvalue weighted by Gasteiger charge is -2.34. The number of rotatable bonds is 6. The van der Waals surface area contributed by atoms with Crippen molar-refractivity contribution in [2.75, 3.05) is 6.54 Å². The molecule has 0 rings (SSSR count). The number of amides is 1. The Morgan fingerprint density at radius 3 is 1.60 bits per heavy atom. The molecule has 1 amide bonds. The van der Waals surface area contributed by atoms with Gasteiger partial charge >= 0.3 is 0 Å². The van der Waals surface area contributed by atoms with E-state index in [1.165, 1.54) is 12.8 Å². The molecule has 0 saturated carbocycles. The minimum Gasteiger partial charge on any atom is -0.356 e. The van der Waals surface area contributed by atoms with E-state index in [9.17, 15) is 4.79 Å². The van der Waals surface area contributed by atoms with Gasteiger partial charge in [-0.3, -0.25) is 4.79 Å². The second-order valence-electron chi connectivity index (χ2n) is 6.70. The molecule has 0 aromatic heterocycles. The minimum atomic E-state index is 0.150. The first-order valence-corrected chi connectivity index (χ1v) is 8.40. The van der Waals surface area contributed by atoms with Crippen LogP contribution in [-0.4, -0.2) is 12.5 Å². The maximum Gasteiger partial charge on any atom is 0.219 e. The van der Waals surface area contributed by atoms with Crippen LogP contribution in [0.15, 0.2) is 0 Å². The zero-order valence-corrected chi connectivity index (χ0v) is 15.9. The summed E-state index contributed by atoms with van der Waals surface area (Å²) in [5, 5.41) is 2.98. The van der Waals surface area contributed by atoms with Crippen molar-refractivity contribution < 1.29 is 4.79 Å². The standard InChI is InChI=1S/C13H27NO.C3H8.C2H6/c1-7-11(15)14-10-13(5,6)9-12(3,4)8-2;1-3-2;1-2/h7-10H2,1-6H3,(H,14,15);3H2,1-2H3;1-2H3. The molecular formula is C18H41NO. The fourth-order valence-electron chi connectivity index (χ4n) is 1.95. The van der Waals surface area contributed by atoms with Crippen LogP contribution in [0.1, 0.15) is 94.9 Å². The maximum absolute atomic E-state index is 11.2. The normalized spacial score (nSPS) is 10.7. The molecule has 0 aromatic carbocycles. The Balaban J connectivity index is -0.000000505. The summed E-state index contributed by atoms with van der Waals surface area (Å²) >= 11 is 0. The SMILES string of the molecule is CC.CCC.CCC(=O)NCC(C)(C)CC(C)(C)CC. The Kier molecular flexibility index (Phi) is 16.5. The van der Waals surface area contributed by atoms with Gasteiger partial charge in [-0.25, -0.2) is 0 Å². The average Bonchev–Trinajstić information content (AvgIpc) is 2.38. The molecule has 0 unspecified atom stereocenters. The van der Waals surface area contributed by atoms with Gasteiger partial charge in [-0.1, -0.05) is 82.1 Å². The fourth-order valence-corrected chi connectivity index (χ4v) is 1.95. The lowest BCUT2D eigenvalue weighted by atomic mass is 9.73. The molecule has 124 valence electrons. The average molecular weight is 288 g/mol. The number of carbonyl (C=O) groups excluding carboxylic acids is 1. The van der Waals surface area contributed by atoms with Crippen molar-refractivity contribution in [3.8, 4) is 0 Å². The molecule has 2 nitrogen and oxygen atoms in total. The van der Waals surface area contributed by atoms with E-state index in [2.05, 4.69) is 53.8 Å². The van der Waals surface area contributed by atoms with Crippen molar-refractivity contribution in [2.45, 2.75) is 94.9 Å². The first kappa shape index (κ1) is 24.5. The zero-order chi connectivity index (χ0) is 16.8. The van der Waals surface area contributed by atoms with Crippen molar-refractivity contribution in [1.29, 1.82) is 0 Å². The van der Waals surface area contributed by atoms with E-state index >= 15 is 0 Å². The van der Waals surface area contributed by atoms with Crippen LogP contribution in [0.3, 0.4) is 0 Å². The van der Waals surface area contributed by atoms with Gasteiger partial charge in [-0.2, -0.15) is 0 Å². The Morgan fingerprint density at radius 2 is 1.30 bits per heavy atom. The topological polar surface area (TPSA) is 29.1 Å². The van der Waals surface area contributed by atoms with Crippen LogP contribution in [0, 0.1) is 10.8 Å². The summed E-state index contributed by atoms with van der Waals surface area (Å²) in [6, 6.07) is 0. The quantitative estimate of drug-likeness (QED) is 0.656.